The SMILES string of the molecule is CC(C)n1nc(-c2ccc3c(c2F)CCN3C(=O)Cc2cccc(C(F)(F)F)c2)c2c(N)ncnc21. The molecule has 0 radical (unpaired) electrons. The zero-order valence-electron chi connectivity index (χ0n) is 19.5. The first-order chi connectivity index (χ1) is 17.1. The molecule has 11 heteroatoms. The molecule has 0 spiro atoms. The van der Waals surface area contributed by atoms with Crippen molar-refractivity contribution >= 4 is 28.4 Å². The van der Waals surface area contributed by atoms with Gasteiger partial charge in [0, 0.05) is 29.4 Å². The lowest BCUT2D eigenvalue weighted by molar-refractivity contribution is -0.137. The van der Waals surface area contributed by atoms with E-state index in [4.69, 9.17) is 5.73 Å². The standard InChI is InChI=1S/C25H22F4N6O/c1-13(2)35-24-20(23(30)31-12-32-24)22(33-35)17-6-7-18-16(21(17)26)8-9-34(18)19(36)11-14-4-3-5-15(10-14)25(27,28)29/h3-7,10,12-13H,8-9,11H2,1-2H3,(H2,30,31,32). The summed E-state index contributed by atoms with van der Waals surface area (Å²) in [7, 11) is 0. The Bertz CT molecular complexity index is 1490. The second-order valence-corrected chi connectivity index (χ2v) is 8.94. The molecule has 0 fully saturated rings. The molecule has 2 aromatic heterocycles. The van der Waals surface area contributed by atoms with Crippen molar-refractivity contribution in [1.29, 1.82) is 0 Å². The van der Waals surface area contributed by atoms with Crippen LogP contribution in [0.3, 0.4) is 0 Å². The van der Waals surface area contributed by atoms with Crippen LogP contribution < -0.4 is 10.6 Å². The van der Waals surface area contributed by atoms with E-state index in [1.165, 1.54) is 29.4 Å². The molecule has 0 bridgehead atoms. The molecule has 3 heterocycles. The fraction of sp³-hybridized carbons (Fsp3) is 0.280. The summed E-state index contributed by atoms with van der Waals surface area (Å²) in [5.41, 5.74) is 7.26. The van der Waals surface area contributed by atoms with Crippen molar-refractivity contribution in [3.05, 3.63) is 65.2 Å². The number of rotatable bonds is 4. The van der Waals surface area contributed by atoms with Gasteiger partial charge in [0.05, 0.1) is 17.4 Å². The summed E-state index contributed by atoms with van der Waals surface area (Å²) < 4.78 is 56.5. The lowest BCUT2D eigenvalue weighted by Crippen LogP contribution is -2.30. The smallest absolute Gasteiger partial charge is 0.383 e. The highest BCUT2D eigenvalue weighted by Gasteiger charge is 2.32. The Balaban J connectivity index is 1.49. The fourth-order valence-electron chi connectivity index (χ4n) is 4.56. The van der Waals surface area contributed by atoms with Crippen LogP contribution in [0.1, 0.15) is 36.6 Å². The largest absolute Gasteiger partial charge is 0.416 e. The van der Waals surface area contributed by atoms with E-state index in [9.17, 15) is 18.0 Å². The van der Waals surface area contributed by atoms with Crippen molar-refractivity contribution in [3.8, 4) is 11.3 Å². The lowest BCUT2D eigenvalue weighted by atomic mass is 10.0. The molecule has 1 aliphatic rings. The van der Waals surface area contributed by atoms with E-state index in [-0.39, 0.29) is 42.4 Å². The zero-order chi connectivity index (χ0) is 25.8. The number of benzene rings is 2. The summed E-state index contributed by atoms with van der Waals surface area (Å²) in [6, 6.07) is 7.76. The Kier molecular flexibility index (Phi) is 5.65. The second-order valence-electron chi connectivity index (χ2n) is 8.94. The number of halogens is 4. The number of amides is 1. The minimum Gasteiger partial charge on any atom is -0.383 e. The second kappa shape index (κ2) is 8.58. The Hall–Kier alpha value is -4.02. The summed E-state index contributed by atoms with van der Waals surface area (Å²) in [4.78, 5) is 22.7. The number of anilines is 2. The molecule has 0 unspecified atom stereocenters. The summed E-state index contributed by atoms with van der Waals surface area (Å²) in [5, 5.41) is 5.01. The van der Waals surface area contributed by atoms with Gasteiger partial charge in [0.1, 0.15) is 23.7 Å². The summed E-state index contributed by atoms with van der Waals surface area (Å²) in [6.45, 7) is 4.06. The van der Waals surface area contributed by atoms with Crippen LogP contribution >= 0.6 is 0 Å². The van der Waals surface area contributed by atoms with Crippen molar-refractivity contribution in [3.63, 3.8) is 0 Å². The molecule has 0 atom stereocenters. The molecule has 36 heavy (non-hydrogen) atoms. The maximum atomic E-state index is 15.8. The molecule has 186 valence electrons. The molecule has 0 aliphatic carbocycles. The molecule has 7 nitrogen and oxygen atoms in total. The Morgan fingerprint density at radius 1 is 1.17 bits per heavy atom. The number of carbonyl (C=O) groups excluding carboxylic acids is 1. The van der Waals surface area contributed by atoms with E-state index < -0.39 is 23.5 Å². The van der Waals surface area contributed by atoms with Gasteiger partial charge in [-0.3, -0.25) is 4.79 Å². The number of nitrogens with two attached hydrogens (primary N) is 1. The third-order valence-electron chi connectivity index (χ3n) is 6.27. The first kappa shape index (κ1) is 23.7. The van der Waals surface area contributed by atoms with Gasteiger partial charge in [0.25, 0.3) is 0 Å². The number of hydrogen-bond acceptors (Lipinski definition) is 5. The van der Waals surface area contributed by atoms with E-state index in [0.717, 1.165) is 12.1 Å². The molecular weight excluding hydrogens is 476 g/mol. The molecule has 2 aromatic carbocycles. The van der Waals surface area contributed by atoms with Crippen molar-refractivity contribution in [2.75, 3.05) is 17.2 Å². The number of aromatic nitrogens is 4. The van der Waals surface area contributed by atoms with Crippen LogP contribution in [0, 0.1) is 5.82 Å². The molecule has 2 N–H and O–H groups in total. The van der Waals surface area contributed by atoms with E-state index in [1.54, 1.807) is 10.7 Å². The molecule has 0 saturated carbocycles. The molecule has 1 aliphatic heterocycles. The fourth-order valence-corrected chi connectivity index (χ4v) is 4.56. The summed E-state index contributed by atoms with van der Waals surface area (Å²) in [5.74, 6) is -0.757. The van der Waals surface area contributed by atoms with Gasteiger partial charge < -0.3 is 10.6 Å². The number of nitrogens with zero attached hydrogens (tertiary/aromatic N) is 5. The van der Waals surface area contributed by atoms with Gasteiger partial charge in [-0.05, 0) is 44.0 Å². The quantitative estimate of drug-likeness (QED) is 0.403. The van der Waals surface area contributed by atoms with Crippen LogP contribution in [-0.4, -0.2) is 32.2 Å². The minimum atomic E-state index is -4.50. The Morgan fingerprint density at radius 3 is 2.67 bits per heavy atom. The topological polar surface area (TPSA) is 89.9 Å². The molecule has 5 rings (SSSR count). The Labute approximate surface area is 203 Å². The van der Waals surface area contributed by atoms with E-state index in [2.05, 4.69) is 15.1 Å². The van der Waals surface area contributed by atoms with Gasteiger partial charge >= 0.3 is 6.18 Å². The van der Waals surface area contributed by atoms with Gasteiger partial charge in [-0.25, -0.2) is 19.0 Å². The number of alkyl halides is 3. The minimum absolute atomic E-state index is 0.0583. The molecule has 4 aromatic rings. The van der Waals surface area contributed by atoms with Gasteiger partial charge in [0.2, 0.25) is 5.91 Å². The van der Waals surface area contributed by atoms with E-state index in [0.29, 0.717) is 28.0 Å². The van der Waals surface area contributed by atoms with Crippen LogP contribution in [0.2, 0.25) is 0 Å². The highest BCUT2D eigenvalue weighted by Crippen LogP contribution is 2.39. The van der Waals surface area contributed by atoms with Crippen molar-refractivity contribution in [2.24, 2.45) is 0 Å². The molecule has 1 amide bonds. The molecular formula is C25H22F4N6O. The predicted octanol–water partition coefficient (Wildman–Crippen LogP) is 4.95. The van der Waals surface area contributed by atoms with Crippen LogP contribution in [0.4, 0.5) is 29.1 Å². The van der Waals surface area contributed by atoms with Crippen LogP contribution in [0.25, 0.3) is 22.3 Å². The maximum Gasteiger partial charge on any atom is 0.416 e. The molecule has 0 saturated heterocycles. The van der Waals surface area contributed by atoms with Crippen molar-refractivity contribution < 1.29 is 22.4 Å². The van der Waals surface area contributed by atoms with Crippen LogP contribution in [0.5, 0.6) is 0 Å². The van der Waals surface area contributed by atoms with Gasteiger partial charge in [0.15, 0.2) is 5.65 Å². The highest BCUT2D eigenvalue weighted by atomic mass is 19.4. The van der Waals surface area contributed by atoms with Crippen molar-refractivity contribution in [1.82, 2.24) is 19.7 Å². The van der Waals surface area contributed by atoms with E-state index >= 15 is 4.39 Å². The van der Waals surface area contributed by atoms with Gasteiger partial charge in [-0.1, -0.05) is 18.2 Å². The monoisotopic (exact) mass is 498 g/mol. The number of nitrogen functional groups attached to an aromatic ring is 1. The number of hydrogen-bond donors (Lipinski definition) is 1. The first-order valence-electron chi connectivity index (χ1n) is 11.3. The normalized spacial score (nSPS) is 13.6. The van der Waals surface area contributed by atoms with E-state index in [1.807, 2.05) is 13.8 Å². The maximum absolute atomic E-state index is 15.8. The lowest BCUT2D eigenvalue weighted by Gasteiger charge is -2.18. The van der Waals surface area contributed by atoms with Gasteiger partial charge in [-0.2, -0.15) is 18.3 Å². The third-order valence-corrected chi connectivity index (χ3v) is 6.27. The average Bonchev–Trinajstić information content (AvgIpc) is 3.42. The number of fused-ring (bicyclic) bond motifs is 2. The summed E-state index contributed by atoms with van der Waals surface area (Å²) in [6.07, 6.45) is -3.14. The third kappa shape index (κ3) is 3.94. The van der Waals surface area contributed by atoms with Crippen LogP contribution in [-0.2, 0) is 23.8 Å². The number of carbonyl (C=O) groups is 1. The highest BCUT2D eigenvalue weighted by molar-refractivity contribution is 6.00. The van der Waals surface area contributed by atoms with Crippen LogP contribution in [0.15, 0.2) is 42.7 Å². The Morgan fingerprint density at radius 2 is 1.94 bits per heavy atom. The predicted molar refractivity (Wildman–Crippen MR) is 127 cm³/mol. The average molecular weight is 498 g/mol. The first-order valence-corrected chi connectivity index (χ1v) is 11.3. The summed E-state index contributed by atoms with van der Waals surface area (Å²) >= 11 is 0. The zero-order valence-corrected chi connectivity index (χ0v) is 19.5. The van der Waals surface area contributed by atoms with Gasteiger partial charge in [-0.15, -0.1) is 0 Å². The van der Waals surface area contributed by atoms with Crippen molar-refractivity contribution in [2.45, 2.75) is 38.9 Å².